The Kier molecular flexibility index (Phi) is 5.29. The summed E-state index contributed by atoms with van der Waals surface area (Å²) in [6.07, 6.45) is 6.81. The molecule has 112 valence electrons. The van der Waals surface area contributed by atoms with E-state index >= 15 is 0 Å². The van der Waals surface area contributed by atoms with Gasteiger partial charge in [-0.25, -0.2) is 0 Å². The molecule has 0 saturated heterocycles. The molecule has 2 rings (SSSR count). The van der Waals surface area contributed by atoms with Gasteiger partial charge in [-0.3, -0.25) is 0 Å². The van der Waals surface area contributed by atoms with Gasteiger partial charge in [-0.05, 0) is 53.2 Å². The average Bonchev–Trinajstić information content (AvgIpc) is 2.84. The van der Waals surface area contributed by atoms with E-state index in [2.05, 4.69) is 52.8 Å². The summed E-state index contributed by atoms with van der Waals surface area (Å²) >= 11 is 0. The van der Waals surface area contributed by atoms with Crippen LogP contribution >= 0.6 is 0 Å². The summed E-state index contributed by atoms with van der Waals surface area (Å²) in [7, 11) is 0. The summed E-state index contributed by atoms with van der Waals surface area (Å²) in [5.74, 6) is 3.02. The van der Waals surface area contributed by atoms with Gasteiger partial charge in [-0.15, -0.1) is 0 Å². The second-order valence-electron chi connectivity index (χ2n) is 7.25. The molecule has 0 nitrogen and oxygen atoms in total. The summed E-state index contributed by atoms with van der Waals surface area (Å²) in [6.45, 7) is 11.8. The fourth-order valence-electron chi connectivity index (χ4n) is 4.01. The molecule has 0 heterocycles. The lowest BCUT2D eigenvalue weighted by Gasteiger charge is -2.23. The van der Waals surface area contributed by atoms with Crippen LogP contribution in [0.3, 0.4) is 0 Å². The van der Waals surface area contributed by atoms with Crippen molar-refractivity contribution >= 4 is 0 Å². The Labute approximate surface area is 126 Å². The van der Waals surface area contributed by atoms with Crippen molar-refractivity contribution in [3.05, 3.63) is 34.9 Å². The van der Waals surface area contributed by atoms with E-state index in [1.165, 1.54) is 32.1 Å². The molecule has 1 saturated carbocycles. The SMILES string of the molecule is CCCC(C)c1cc(C2CCC[C@H]2C)ccc1C(C)C. The van der Waals surface area contributed by atoms with Gasteiger partial charge in [0.15, 0.2) is 0 Å². The quantitative estimate of drug-likeness (QED) is 0.565. The lowest BCUT2D eigenvalue weighted by Crippen LogP contribution is -2.07. The van der Waals surface area contributed by atoms with Crippen LogP contribution in [0, 0.1) is 5.92 Å². The summed E-state index contributed by atoms with van der Waals surface area (Å²) in [5.41, 5.74) is 4.80. The van der Waals surface area contributed by atoms with Crippen molar-refractivity contribution in [2.24, 2.45) is 5.92 Å². The van der Waals surface area contributed by atoms with E-state index in [-0.39, 0.29) is 0 Å². The molecule has 0 N–H and O–H groups in total. The Morgan fingerprint density at radius 3 is 2.40 bits per heavy atom. The van der Waals surface area contributed by atoms with Crippen LogP contribution in [0.2, 0.25) is 0 Å². The highest BCUT2D eigenvalue weighted by molar-refractivity contribution is 5.38. The number of benzene rings is 1. The van der Waals surface area contributed by atoms with Crippen LogP contribution in [0.15, 0.2) is 18.2 Å². The first-order valence-corrected chi connectivity index (χ1v) is 8.68. The third-order valence-electron chi connectivity index (χ3n) is 5.28. The maximum Gasteiger partial charge on any atom is -0.0136 e. The van der Waals surface area contributed by atoms with Crippen LogP contribution < -0.4 is 0 Å². The highest BCUT2D eigenvalue weighted by Crippen LogP contribution is 2.41. The van der Waals surface area contributed by atoms with Crippen molar-refractivity contribution in [1.29, 1.82) is 0 Å². The van der Waals surface area contributed by atoms with Crippen molar-refractivity contribution in [3.8, 4) is 0 Å². The smallest absolute Gasteiger partial charge is 0.0136 e. The standard InChI is InChI=1S/C20H32/c1-6-8-15(4)20-13-17(11-12-18(20)14(2)3)19-10-7-9-16(19)5/h11-16,19H,6-10H2,1-5H3/t15?,16-,19?/m1/s1. The van der Waals surface area contributed by atoms with E-state index in [1.54, 1.807) is 16.7 Å². The normalized spacial score (nSPS) is 24.3. The Balaban J connectivity index is 2.34. The van der Waals surface area contributed by atoms with Gasteiger partial charge in [0.25, 0.3) is 0 Å². The minimum Gasteiger partial charge on any atom is -0.0654 e. The fourth-order valence-corrected chi connectivity index (χ4v) is 4.01. The van der Waals surface area contributed by atoms with Gasteiger partial charge in [0, 0.05) is 0 Å². The lowest BCUT2D eigenvalue weighted by molar-refractivity contribution is 0.531. The molecular weight excluding hydrogens is 240 g/mol. The van der Waals surface area contributed by atoms with Crippen molar-refractivity contribution in [3.63, 3.8) is 0 Å². The van der Waals surface area contributed by atoms with Gasteiger partial charge in [-0.1, -0.05) is 72.1 Å². The van der Waals surface area contributed by atoms with E-state index in [0.29, 0.717) is 11.8 Å². The molecule has 1 aliphatic carbocycles. The molecule has 0 spiro atoms. The van der Waals surface area contributed by atoms with E-state index in [1.807, 2.05) is 0 Å². The highest BCUT2D eigenvalue weighted by atomic mass is 14.3. The molecule has 0 amide bonds. The van der Waals surface area contributed by atoms with Gasteiger partial charge in [0.2, 0.25) is 0 Å². The zero-order valence-electron chi connectivity index (χ0n) is 14.1. The van der Waals surface area contributed by atoms with E-state index in [4.69, 9.17) is 0 Å². The largest absolute Gasteiger partial charge is 0.0654 e. The van der Waals surface area contributed by atoms with Crippen LogP contribution in [0.5, 0.6) is 0 Å². The minimum absolute atomic E-state index is 0.638. The van der Waals surface area contributed by atoms with Crippen molar-refractivity contribution in [2.75, 3.05) is 0 Å². The zero-order chi connectivity index (χ0) is 14.7. The minimum atomic E-state index is 0.638. The maximum atomic E-state index is 2.56. The first-order chi connectivity index (χ1) is 9.54. The Morgan fingerprint density at radius 1 is 1.10 bits per heavy atom. The second-order valence-corrected chi connectivity index (χ2v) is 7.25. The second kappa shape index (κ2) is 6.78. The molecule has 1 fully saturated rings. The third-order valence-corrected chi connectivity index (χ3v) is 5.28. The molecule has 1 aliphatic rings. The van der Waals surface area contributed by atoms with Crippen molar-refractivity contribution in [1.82, 2.24) is 0 Å². The first-order valence-electron chi connectivity index (χ1n) is 8.68. The number of rotatable bonds is 5. The summed E-state index contributed by atoms with van der Waals surface area (Å²) in [6, 6.07) is 7.40. The highest BCUT2D eigenvalue weighted by Gasteiger charge is 2.26. The van der Waals surface area contributed by atoms with Crippen LogP contribution in [0.1, 0.15) is 101 Å². The topological polar surface area (TPSA) is 0 Å². The van der Waals surface area contributed by atoms with Gasteiger partial charge in [0.1, 0.15) is 0 Å². The van der Waals surface area contributed by atoms with Gasteiger partial charge < -0.3 is 0 Å². The molecule has 20 heavy (non-hydrogen) atoms. The molecule has 0 heteroatoms. The summed E-state index contributed by atoms with van der Waals surface area (Å²) in [4.78, 5) is 0. The fraction of sp³-hybridized carbons (Fsp3) is 0.700. The molecule has 2 unspecified atom stereocenters. The lowest BCUT2D eigenvalue weighted by atomic mass is 9.82. The number of hydrogen-bond donors (Lipinski definition) is 0. The molecule has 0 radical (unpaired) electrons. The van der Waals surface area contributed by atoms with Crippen LogP contribution in [0.4, 0.5) is 0 Å². The molecule has 3 atom stereocenters. The van der Waals surface area contributed by atoms with Gasteiger partial charge in [-0.2, -0.15) is 0 Å². The molecule has 0 bridgehead atoms. The van der Waals surface area contributed by atoms with Crippen molar-refractivity contribution < 1.29 is 0 Å². The molecule has 1 aromatic rings. The monoisotopic (exact) mass is 272 g/mol. The molecule has 0 aromatic heterocycles. The Morgan fingerprint density at radius 2 is 1.85 bits per heavy atom. The molecule has 1 aromatic carbocycles. The number of hydrogen-bond acceptors (Lipinski definition) is 0. The van der Waals surface area contributed by atoms with Crippen LogP contribution in [-0.2, 0) is 0 Å². The van der Waals surface area contributed by atoms with Crippen LogP contribution in [0.25, 0.3) is 0 Å². The average molecular weight is 272 g/mol. The first kappa shape index (κ1) is 15.6. The predicted molar refractivity (Wildman–Crippen MR) is 89.6 cm³/mol. The Hall–Kier alpha value is -0.780. The van der Waals surface area contributed by atoms with Crippen molar-refractivity contribution in [2.45, 2.75) is 84.5 Å². The summed E-state index contributed by atoms with van der Waals surface area (Å²) < 4.78 is 0. The Bertz CT molecular complexity index is 430. The van der Waals surface area contributed by atoms with Crippen LogP contribution in [-0.4, -0.2) is 0 Å². The third kappa shape index (κ3) is 3.27. The molecular formula is C20H32. The maximum absolute atomic E-state index is 2.56. The van der Waals surface area contributed by atoms with Gasteiger partial charge in [0.05, 0.1) is 0 Å². The molecule has 0 aliphatic heterocycles. The van der Waals surface area contributed by atoms with Gasteiger partial charge >= 0.3 is 0 Å². The van der Waals surface area contributed by atoms with E-state index in [0.717, 1.165) is 11.8 Å². The zero-order valence-corrected chi connectivity index (χ0v) is 14.1. The van der Waals surface area contributed by atoms with E-state index < -0.39 is 0 Å². The summed E-state index contributed by atoms with van der Waals surface area (Å²) in [5, 5.41) is 0. The predicted octanol–water partition coefficient (Wildman–Crippen LogP) is 6.62. The van der Waals surface area contributed by atoms with E-state index in [9.17, 15) is 0 Å².